The van der Waals surface area contributed by atoms with Crippen LogP contribution in [0.4, 0.5) is 13.2 Å². The van der Waals surface area contributed by atoms with Gasteiger partial charge in [0.25, 0.3) is 0 Å². The molecule has 112 valence electrons. The number of benzene rings is 1. The topological polar surface area (TPSA) is 63.2 Å². The van der Waals surface area contributed by atoms with Gasteiger partial charge in [-0.15, -0.1) is 0 Å². The van der Waals surface area contributed by atoms with E-state index in [4.69, 9.17) is 0 Å². The Labute approximate surface area is 118 Å². The van der Waals surface area contributed by atoms with Gasteiger partial charge in [-0.1, -0.05) is 12.1 Å². The highest BCUT2D eigenvalue weighted by Crippen LogP contribution is 2.29. The lowest BCUT2D eigenvalue weighted by Crippen LogP contribution is -2.26. The van der Waals surface area contributed by atoms with Crippen LogP contribution in [0.2, 0.25) is 0 Å². The fourth-order valence-corrected chi connectivity index (χ4v) is 2.89. The molecular formula is C11H12F3NO3S2. The van der Waals surface area contributed by atoms with E-state index in [9.17, 15) is 26.4 Å². The summed E-state index contributed by atoms with van der Waals surface area (Å²) in [6, 6.07) is 5.16. The van der Waals surface area contributed by atoms with Crippen LogP contribution in [0.3, 0.4) is 0 Å². The van der Waals surface area contributed by atoms with Crippen molar-refractivity contribution < 1.29 is 26.4 Å². The average molecular weight is 327 g/mol. The van der Waals surface area contributed by atoms with Gasteiger partial charge in [0.1, 0.15) is 0 Å². The molecule has 1 aromatic rings. The minimum absolute atomic E-state index is 0.0977. The number of hydrogen-bond acceptors (Lipinski definition) is 4. The number of hydrogen-bond donors (Lipinski definition) is 1. The van der Waals surface area contributed by atoms with Gasteiger partial charge in [-0.3, -0.25) is 4.79 Å². The standard InChI is InChI=1S/C11H12F3NO3S2/c1-8(16)9-2-4-10(5-3-9)20(17,18)15-6-7-19-11(12,13)14/h2-5,15H,6-7H2,1H3. The van der Waals surface area contributed by atoms with E-state index in [1.165, 1.54) is 31.2 Å². The van der Waals surface area contributed by atoms with Crippen molar-refractivity contribution in [1.29, 1.82) is 0 Å². The predicted octanol–water partition coefficient (Wildman–Crippen LogP) is 2.42. The van der Waals surface area contributed by atoms with Crippen molar-refractivity contribution in [3.8, 4) is 0 Å². The van der Waals surface area contributed by atoms with Crippen molar-refractivity contribution >= 4 is 27.6 Å². The molecule has 1 rings (SSSR count). The van der Waals surface area contributed by atoms with Gasteiger partial charge in [-0.25, -0.2) is 13.1 Å². The van der Waals surface area contributed by atoms with Gasteiger partial charge in [0.2, 0.25) is 10.0 Å². The van der Waals surface area contributed by atoms with E-state index >= 15 is 0 Å². The Kier molecular flexibility index (Phi) is 5.60. The summed E-state index contributed by atoms with van der Waals surface area (Å²) in [5.74, 6) is -0.614. The summed E-state index contributed by atoms with van der Waals surface area (Å²) in [6.07, 6.45) is 0. The molecule has 0 aromatic heterocycles. The van der Waals surface area contributed by atoms with Crippen LogP contribution in [0.25, 0.3) is 0 Å². The van der Waals surface area contributed by atoms with Crippen LogP contribution in [0.5, 0.6) is 0 Å². The summed E-state index contributed by atoms with van der Waals surface area (Å²) in [5, 5.41) is 0. The summed E-state index contributed by atoms with van der Waals surface area (Å²) in [6.45, 7) is 1.01. The monoisotopic (exact) mass is 327 g/mol. The van der Waals surface area contributed by atoms with Gasteiger partial charge >= 0.3 is 5.51 Å². The third-order valence-electron chi connectivity index (χ3n) is 2.23. The van der Waals surface area contributed by atoms with Crippen molar-refractivity contribution in [1.82, 2.24) is 4.72 Å². The molecule has 0 heterocycles. The third-order valence-corrected chi connectivity index (χ3v) is 4.44. The van der Waals surface area contributed by atoms with Crippen molar-refractivity contribution in [3.05, 3.63) is 29.8 Å². The maximum atomic E-state index is 11.9. The molecule has 0 spiro atoms. The number of Topliss-reactive ketones (excluding diaryl/α,β-unsaturated/α-hetero) is 1. The lowest BCUT2D eigenvalue weighted by atomic mass is 10.2. The molecule has 0 unspecified atom stereocenters. The molecule has 0 bridgehead atoms. The Morgan fingerprint density at radius 2 is 1.80 bits per heavy atom. The molecule has 0 aliphatic heterocycles. The molecule has 9 heteroatoms. The molecule has 1 aromatic carbocycles. The summed E-state index contributed by atoms with van der Waals surface area (Å²) in [5.41, 5.74) is -4.02. The molecule has 0 fully saturated rings. The molecule has 1 N–H and O–H groups in total. The van der Waals surface area contributed by atoms with Crippen LogP contribution < -0.4 is 4.72 Å². The fourth-order valence-electron chi connectivity index (χ4n) is 1.29. The highest BCUT2D eigenvalue weighted by molar-refractivity contribution is 8.00. The van der Waals surface area contributed by atoms with Crippen molar-refractivity contribution in [2.45, 2.75) is 17.3 Å². The van der Waals surface area contributed by atoms with Crippen LogP contribution in [0, 0.1) is 0 Å². The number of thioether (sulfide) groups is 1. The number of sulfonamides is 1. The zero-order chi connectivity index (χ0) is 15.4. The third kappa shape index (κ3) is 5.51. The largest absolute Gasteiger partial charge is 0.441 e. The quantitative estimate of drug-likeness (QED) is 0.644. The number of ketones is 1. The predicted molar refractivity (Wildman–Crippen MR) is 70.1 cm³/mol. The van der Waals surface area contributed by atoms with E-state index in [0.29, 0.717) is 5.56 Å². The second-order valence-corrected chi connectivity index (χ2v) is 6.70. The summed E-state index contributed by atoms with van der Waals surface area (Å²) in [4.78, 5) is 10.9. The Morgan fingerprint density at radius 1 is 1.25 bits per heavy atom. The summed E-state index contributed by atoms with van der Waals surface area (Å²) in [7, 11) is -3.86. The number of carbonyl (C=O) groups excluding carboxylic acids is 1. The van der Waals surface area contributed by atoms with E-state index in [-0.39, 0.29) is 29.0 Å². The second kappa shape index (κ2) is 6.59. The minimum atomic E-state index is -4.38. The molecule has 4 nitrogen and oxygen atoms in total. The van der Waals surface area contributed by atoms with Crippen LogP contribution >= 0.6 is 11.8 Å². The first-order valence-electron chi connectivity index (χ1n) is 5.43. The van der Waals surface area contributed by atoms with Gasteiger partial charge in [0.15, 0.2) is 5.78 Å². The van der Waals surface area contributed by atoms with E-state index in [1.807, 2.05) is 0 Å². The normalized spacial score (nSPS) is 12.4. The van der Waals surface area contributed by atoms with E-state index in [1.54, 1.807) is 0 Å². The number of halogens is 3. The first kappa shape index (κ1) is 17.0. The van der Waals surface area contributed by atoms with E-state index < -0.39 is 21.3 Å². The Bertz CT molecular complexity index is 568. The Morgan fingerprint density at radius 3 is 2.25 bits per heavy atom. The van der Waals surface area contributed by atoms with Gasteiger partial charge in [-0.2, -0.15) is 13.2 Å². The zero-order valence-corrected chi connectivity index (χ0v) is 12.0. The molecule has 0 saturated carbocycles. The number of rotatable bonds is 6. The highest BCUT2D eigenvalue weighted by atomic mass is 32.2. The number of alkyl halides is 3. The fraction of sp³-hybridized carbons (Fsp3) is 0.364. The number of nitrogens with one attached hydrogen (secondary N) is 1. The van der Waals surface area contributed by atoms with Crippen LogP contribution in [0.1, 0.15) is 17.3 Å². The Balaban J connectivity index is 2.62. The maximum Gasteiger partial charge on any atom is 0.441 e. The second-order valence-electron chi connectivity index (χ2n) is 3.77. The molecule has 20 heavy (non-hydrogen) atoms. The highest BCUT2D eigenvalue weighted by Gasteiger charge is 2.27. The summed E-state index contributed by atoms with van der Waals surface area (Å²) < 4.78 is 61.2. The minimum Gasteiger partial charge on any atom is -0.295 e. The SMILES string of the molecule is CC(=O)c1ccc(S(=O)(=O)NCCSC(F)(F)F)cc1. The van der Waals surface area contributed by atoms with Gasteiger partial charge in [0.05, 0.1) is 4.90 Å². The zero-order valence-electron chi connectivity index (χ0n) is 10.4. The lowest BCUT2D eigenvalue weighted by molar-refractivity contribution is -0.0327. The molecule has 0 radical (unpaired) electrons. The van der Waals surface area contributed by atoms with Crippen molar-refractivity contribution in [3.63, 3.8) is 0 Å². The average Bonchev–Trinajstić information content (AvgIpc) is 2.34. The van der Waals surface area contributed by atoms with Crippen LogP contribution in [-0.4, -0.2) is 32.0 Å². The van der Waals surface area contributed by atoms with Gasteiger partial charge in [0, 0.05) is 17.9 Å². The molecule has 0 saturated heterocycles. The lowest BCUT2D eigenvalue weighted by Gasteiger charge is -2.08. The molecular weight excluding hydrogens is 315 g/mol. The number of carbonyl (C=O) groups is 1. The van der Waals surface area contributed by atoms with Crippen LogP contribution in [0.15, 0.2) is 29.2 Å². The maximum absolute atomic E-state index is 11.9. The van der Waals surface area contributed by atoms with Crippen molar-refractivity contribution in [2.75, 3.05) is 12.3 Å². The van der Waals surface area contributed by atoms with E-state index in [2.05, 4.69) is 4.72 Å². The summed E-state index contributed by atoms with van der Waals surface area (Å²) >= 11 is -0.296. The van der Waals surface area contributed by atoms with E-state index in [0.717, 1.165) is 0 Å². The molecule has 0 aliphatic carbocycles. The van der Waals surface area contributed by atoms with Crippen molar-refractivity contribution in [2.24, 2.45) is 0 Å². The molecule has 0 amide bonds. The van der Waals surface area contributed by atoms with Gasteiger partial charge < -0.3 is 0 Å². The smallest absolute Gasteiger partial charge is 0.295 e. The first-order chi connectivity index (χ1) is 9.12. The van der Waals surface area contributed by atoms with Crippen LogP contribution in [-0.2, 0) is 10.0 Å². The molecule has 0 aliphatic rings. The first-order valence-corrected chi connectivity index (χ1v) is 7.90. The van der Waals surface area contributed by atoms with Gasteiger partial charge in [-0.05, 0) is 30.8 Å². The Hall–Kier alpha value is -1.06. The molecule has 0 atom stereocenters.